The van der Waals surface area contributed by atoms with Gasteiger partial charge in [-0.3, -0.25) is 9.59 Å². The number of anilines is 1. The van der Waals surface area contributed by atoms with E-state index in [2.05, 4.69) is 5.32 Å². The monoisotopic (exact) mass is 340 g/mol. The topological polar surface area (TPSA) is 95.9 Å². The zero-order valence-corrected chi connectivity index (χ0v) is 13.2. The molecule has 0 radical (unpaired) electrons. The van der Waals surface area contributed by atoms with Crippen LogP contribution in [0.15, 0.2) is 24.3 Å². The predicted octanol–water partition coefficient (Wildman–Crippen LogP) is 0.909. The van der Waals surface area contributed by atoms with E-state index in [4.69, 9.17) is 21.4 Å². The van der Waals surface area contributed by atoms with Crippen molar-refractivity contribution in [2.75, 3.05) is 25.2 Å². The molecule has 2 rings (SSSR count). The van der Waals surface area contributed by atoms with Gasteiger partial charge in [0, 0.05) is 30.8 Å². The first kappa shape index (κ1) is 17.2. The summed E-state index contributed by atoms with van der Waals surface area (Å²) in [4.78, 5) is 36.8. The quantitative estimate of drug-likeness (QED) is 0.802. The van der Waals surface area contributed by atoms with Crippen LogP contribution in [0.2, 0.25) is 5.02 Å². The number of halogens is 1. The number of hydrogen-bond donors (Lipinski definition) is 2. The van der Waals surface area contributed by atoms with Gasteiger partial charge in [-0.2, -0.15) is 0 Å². The highest BCUT2D eigenvalue weighted by Crippen LogP contribution is 2.26. The summed E-state index contributed by atoms with van der Waals surface area (Å²) in [6.07, 6.45) is 0.0355. The van der Waals surface area contributed by atoms with Crippen LogP contribution in [0.3, 0.4) is 0 Å². The second kappa shape index (κ2) is 7.43. The fourth-order valence-electron chi connectivity index (χ4n) is 2.38. The Bertz CT molecular complexity index is 604. The van der Waals surface area contributed by atoms with Crippen LogP contribution >= 0.6 is 11.6 Å². The van der Waals surface area contributed by atoms with Crippen molar-refractivity contribution in [3.05, 3.63) is 29.3 Å². The number of carboxylic acid groups (broad SMARTS) is 1. The summed E-state index contributed by atoms with van der Waals surface area (Å²) in [5, 5.41) is 12.0. The van der Waals surface area contributed by atoms with Crippen LogP contribution in [-0.2, 0) is 19.1 Å². The first-order valence-electron chi connectivity index (χ1n) is 7.00. The Morgan fingerprint density at radius 2 is 2.09 bits per heavy atom. The van der Waals surface area contributed by atoms with Crippen LogP contribution in [0.5, 0.6) is 0 Å². The molecule has 23 heavy (non-hydrogen) atoms. The number of ether oxygens (including phenoxy) is 1. The minimum absolute atomic E-state index is 0.0355. The van der Waals surface area contributed by atoms with Crippen molar-refractivity contribution in [1.82, 2.24) is 5.32 Å². The number of hydrogen-bond acceptors (Lipinski definition) is 4. The van der Waals surface area contributed by atoms with Gasteiger partial charge in [-0.25, -0.2) is 4.79 Å². The van der Waals surface area contributed by atoms with Crippen molar-refractivity contribution in [2.45, 2.75) is 12.5 Å². The third kappa shape index (κ3) is 4.20. The summed E-state index contributed by atoms with van der Waals surface area (Å²) >= 11 is 5.82. The van der Waals surface area contributed by atoms with Crippen molar-refractivity contribution < 1.29 is 24.2 Å². The lowest BCUT2D eigenvalue weighted by molar-refractivity contribution is -0.143. The average molecular weight is 341 g/mol. The summed E-state index contributed by atoms with van der Waals surface area (Å²) in [6.45, 7) is 0.0637. The molecule has 2 atom stereocenters. The highest BCUT2D eigenvalue weighted by atomic mass is 35.5. The molecule has 0 spiro atoms. The molecule has 1 saturated heterocycles. The molecule has 2 N–H and O–H groups in total. The summed E-state index contributed by atoms with van der Waals surface area (Å²) in [7, 11) is 1.35. The lowest BCUT2D eigenvalue weighted by Crippen LogP contribution is -2.46. The van der Waals surface area contributed by atoms with Gasteiger partial charge in [0.1, 0.15) is 0 Å². The van der Waals surface area contributed by atoms with Gasteiger partial charge in [-0.1, -0.05) is 11.6 Å². The van der Waals surface area contributed by atoms with Gasteiger partial charge in [0.15, 0.2) is 6.04 Å². The molecular formula is C15H17ClN2O5. The number of carbonyl (C=O) groups is 3. The number of methoxy groups -OCH3 is 1. The normalized spacial score (nSPS) is 18.8. The molecule has 1 aliphatic heterocycles. The van der Waals surface area contributed by atoms with Crippen LogP contribution in [0, 0.1) is 5.92 Å². The molecular weight excluding hydrogens is 324 g/mol. The Hall–Kier alpha value is -2.12. The average Bonchev–Trinajstić information content (AvgIpc) is 2.89. The van der Waals surface area contributed by atoms with E-state index in [1.54, 1.807) is 24.3 Å². The maximum Gasteiger partial charge on any atom is 0.328 e. The van der Waals surface area contributed by atoms with Gasteiger partial charge in [0.25, 0.3) is 0 Å². The number of aliphatic carboxylic acids is 1. The van der Waals surface area contributed by atoms with E-state index in [0.717, 1.165) is 0 Å². The largest absolute Gasteiger partial charge is 0.480 e. The number of nitrogens with one attached hydrogen (secondary N) is 1. The van der Waals surface area contributed by atoms with E-state index in [9.17, 15) is 14.4 Å². The van der Waals surface area contributed by atoms with E-state index in [1.807, 2.05) is 0 Å². The Morgan fingerprint density at radius 1 is 1.43 bits per heavy atom. The lowest BCUT2D eigenvalue weighted by atomic mass is 10.1. The predicted molar refractivity (Wildman–Crippen MR) is 83.4 cm³/mol. The smallest absolute Gasteiger partial charge is 0.328 e. The van der Waals surface area contributed by atoms with Crippen molar-refractivity contribution in [1.29, 1.82) is 0 Å². The van der Waals surface area contributed by atoms with Crippen LogP contribution in [0.25, 0.3) is 0 Å². The van der Waals surface area contributed by atoms with Crippen molar-refractivity contribution >= 4 is 35.1 Å². The zero-order chi connectivity index (χ0) is 17.0. The van der Waals surface area contributed by atoms with Crippen molar-refractivity contribution in [3.63, 3.8) is 0 Å². The van der Waals surface area contributed by atoms with E-state index >= 15 is 0 Å². The number of carbonyl (C=O) groups excluding carboxylic acids is 2. The second-order valence-corrected chi connectivity index (χ2v) is 5.67. The van der Waals surface area contributed by atoms with Gasteiger partial charge >= 0.3 is 5.97 Å². The molecule has 0 saturated carbocycles. The first-order valence-corrected chi connectivity index (χ1v) is 7.38. The van der Waals surface area contributed by atoms with E-state index in [1.165, 1.54) is 12.0 Å². The third-order valence-electron chi connectivity index (χ3n) is 3.58. The molecule has 2 amide bonds. The number of benzene rings is 1. The number of amides is 2. The molecule has 8 heteroatoms. The first-order chi connectivity index (χ1) is 10.9. The lowest BCUT2D eigenvalue weighted by Gasteiger charge is -2.18. The minimum atomic E-state index is -1.18. The van der Waals surface area contributed by atoms with Crippen molar-refractivity contribution in [3.8, 4) is 0 Å². The fraction of sp³-hybridized carbons (Fsp3) is 0.400. The molecule has 1 heterocycles. The zero-order valence-electron chi connectivity index (χ0n) is 12.5. The molecule has 0 aromatic heterocycles. The highest BCUT2D eigenvalue weighted by molar-refractivity contribution is 6.30. The Morgan fingerprint density at radius 3 is 2.65 bits per heavy atom. The van der Waals surface area contributed by atoms with Crippen LogP contribution in [0.4, 0.5) is 5.69 Å². The molecule has 0 aliphatic carbocycles. The van der Waals surface area contributed by atoms with Gasteiger partial charge < -0.3 is 20.1 Å². The van der Waals surface area contributed by atoms with Crippen LogP contribution in [0.1, 0.15) is 6.42 Å². The standard InChI is InChI=1S/C15H17ClN2O5/c1-23-8-12(15(21)22)17-14(20)9-6-13(19)18(7-9)11-4-2-10(16)3-5-11/h2-5,9,12H,6-8H2,1H3,(H,17,20)(H,21,22). The van der Waals surface area contributed by atoms with Gasteiger partial charge in [-0.05, 0) is 24.3 Å². The second-order valence-electron chi connectivity index (χ2n) is 5.24. The fourth-order valence-corrected chi connectivity index (χ4v) is 2.51. The molecule has 1 fully saturated rings. The minimum Gasteiger partial charge on any atom is -0.480 e. The summed E-state index contributed by atoms with van der Waals surface area (Å²) in [5.41, 5.74) is 0.654. The van der Waals surface area contributed by atoms with E-state index in [-0.39, 0.29) is 25.5 Å². The number of rotatable bonds is 6. The Labute approximate surface area is 138 Å². The Balaban J connectivity index is 2.02. The highest BCUT2D eigenvalue weighted by Gasteiger charge is 2.36. The summed E-state index contributed by atoms with van der Waals surface area (Å²) in [5.74, 6) is -2.44. The molecule has 124 valence electrons. The van der Waals surface area contributed by atoms with Gasteiger partial charge in [0.05, 0.1) is 12.5 Å². The van der Waals surface area contributed by atoms with Gasteiger partial charge in [-0.15, -0.1) is 0 Å². The molecule has 2 unspecified atom stereocenters. The van der Waals surface area contributed by atoms with Crippen LogP contribution in [-0.4, -0.2) is 49.2 Å². The number of carboxylic acids is 1. The summed E-state index contributed by atoms with van der Waals surface area (Å²) in [6, 6.07) is 5.59. The van der Waals surface area contributed by atoms with Crippen LogP contribution < -0.4 is 10.2 Å². The summed E-state index contributed by atoms with van der Waals surface area (Å²) < 4.78 is 4.77. The maximum absolute atomic E-state index is 12.2. The molecule has 1 aromatic rings. The molecule has 1 aliphatic rings. The van der Waals surface area contributed by atoms with E-state index in [0.29, 0.717) is 10.7 Å². The third-order valence-corrected chi connectivity index (χ3v) is 3.83. The molecule has 0 bridgehead atoms. The van der Waals surface area contributed by atoms with Gasteiger partial charge in [0.2, 0.25) is 11.8 Å². The van der Waals surface area contributed by atoms with E-state index < -0.39 is 23.8 Å². The van der Waals surface area contributed by atoms with Crippen molar-refractivity contribution in [2.24, 2.45) is 5.92 Å². The Kier molecular flexibility index (Phi) is 5.57. The SMILES string of the molecule is COCC(NC(=O)C1CC(=O)N(c2ccc(Cl)cc2)C1)C(=O)O. The molecule has 1 aromatic carbocycles. The molecule has 7 nitrogen and oxygen atoms in total. The number of nitrogens with zero attached hydrogens (tertiary/aromatic N) is 1. The maximum atomic E-state index is 12.2.